The molecule has 2 aromatic rings. The normalized spacial score (nSPS) is 12.6. The van der Waals surface area contributed by atoms with E-state index in [1.165, 1.54) is 10.4 Å². The van der Waals surface area contributed by atoms with Gasteiger partial charge >= 0.3 is 0 Å². The van der Waals surface area contributed by atoms with Crippen LogP contribution >= 0.6 is 27.3 Å². The van der Waals surface area contributed by atoms with Crippen LogP contribution in [0.2, 0.25) is 0 Å². The molecule has 1 aromatic carbocycles. The molecule has 0 saturated carbocycles. The molecule has 18 heavy (non-hydrogen) atoms. The number of benzene rings is 1. The fraction of sp³-hybridized carbons (Fsp3) is 0.357. The van der Waals surface area contributed by atoms with Gasteiger partial charge in [-0.15, -0.1) is 11.3 Å². The van der Waals surface area contributed by atoms with Gasteiger partial charge in [0.2, 0.25) is 0 Å². The van der Waals surface area contributed by atoms with Crippen LogP contribution in [0.3, 0.4) is 0 Å². The second-order valence-electron chi connectivity index (χ2n) is 4.23. The molecule has 2 nitrogen and oxygen atoms in total. The molecule has 0 amide bonds. The van der Waals surface area contributed by atoms with Crippen molar-refractivity contribution < 1.29 is 0 Å². The second kappa shape index (κ2) is 7.02. The standard InChI is InChI=1S/C14H17BrN2S/c1-2-7-17-14(8-13-9-16-10-18-13)11-3-5-12(15)6-4-11/h3-6,9-10,14,17H,2,7-8H2,1H3. The predicted octanol–water partition coefficient (Wildman–Crippen LogP) is 4.19. The first kappa shape index (κ1) is 13.7. The van der Waals surface area contributed by atoms with Crippen LogP contribution in [0.1, 0.15) is 29.8 Å². The maximum absolute atomic E-state index is 4.15. The van der Waals surface area contributed by atoms with Crippen molar-refractivity contribution in [2.24, 2.45) is 0 Å². The van der Waals surface area contributed by atoms with Crippen molar-refractivity contribution in [2.75, 3.05) is 6.54 Å². The molecule has 96 valence electrons. The lowest BCUT2D eigenvalue weighted by Gasteiger charge is -2.18. The lowest BCUT2D eigenvalue weighted by atomic mass is 10.0. The summed E-state index contributed by atoms with van der Waals surface area (Å²) in [6.45, 7) is 3.23. The van der Waals surface area contributed by atoms with Crippen molar-refractivity contribution in [3.05, 3.63) is 50.9 Å². The number of nitrogens with zero attached hydrogens (tertiary/aromatic N) is 1. The quantitative estimate of drug-likeness (QED) is 0.861. The molecule has 0 aliphatic carbocycles. The van der Waals surface area contributed by atoms with E-state index >= 15 is 0 Å². The van der Waals surface area contributed by atoms with E-state index in [-0.39, 0.29) is 0 Å². The fourth-order valence-corrected chi connectivity index (χ4v) is 2.77. The van der Waals surface area contributed by atoms with Crippen molar-refractivity contribution in [1.29, 1.82) is 0 Å². The molecule has 4 heteroatoms. The molecule has 1 heterocycles. The van der Waals surface area contributed by atoms with E-state index in [2.05, 4.69) is 57.4 Å². The number of thiazole rings is 1. The summed E-state index contributed by atoms with van der Waals surface area (Å²) in [6.07, 6.45) is 4.12. The predicted molar refractivity (Wildman–Crippen MR) is 81.0 cm³/mol. The summed E-state index contributed by atoms with van der Waals surface area (Å²) < 4.78 is 1.12. The Morgan fingerprint density at radius 3 is 2.72 bits per heavy atom. The summed E-state index contributed by atoms with van der Waals surface area (Å²) in [5.74, 6) is 0. The molecule has 0 saturated heterocycles. The minimum Gasteiger partial charge on any atom is -0.310 e. The van der Waals surface area contributed by atoms with E-state index in [0.717, 1.165) is 23.9 Å². The molecule has 1 aromatic heterocycles. The molecular formula is C14H17BrN2S. The molecule has 0 aliphatic rings. The van der Waals surface area contributed by atoms with Gasteiger partial charge in [0.25, 0.3) is 0 Å². The van der Waals surface area contributed by atoms with Gasteiger partial charge in [0.15, 0.2) is 0 Å². The van der Waals surface area contributed by atoms with Crippen LogP contribution in [0.15, 0.2) is 40.4 Å². The van der Waals surface area contributed by atoms with E-state index in [0.29, 0.717) is 6.04 Å². The highest BCUT2D eigenvalue weighted by atomic mass is 79.9. The first-order valence-corrected chi connectivity index (χ1v) is 7.83. The van der Waals surface area contributed by atoms with Crippen LogP contribution in [0.5, 0.6) is 0 Å². The average molecular weight is 325 g/mol. The molecular weight excluding hydrogens is 308 g/mol. The van der Waals surface area contributed by atoms with E-state index in [1.807, 2.05) is 11.7 Å². The molecule has 1 N–H and O–H groups in total. The zero-order valence-corrected chi connectivity index (χ0v) is 12.8. The highest BCUT2D eigenvalue weighted by Crippen LogP contribution is 2.22. The monoisotopic (exact) mass is 324 g/mol. The number of rotatable bonds is 6. The van der Waals surface area contributed by atoms with E-state index < -0.39 is 0 Å². The van der Waals surface area contributed by atoms with Crippen molar-refractivity contribution in [3.63, 3.8) is 0 Å². The van der Waals surface area contributed by atoms with Gasteiger partial charge in [-0.2, -0.15) is 0 Å². The van der Waals surface area contributed by atoms with Gasteiger partial charge in [0, 0.05) is 28.0 Å². The zero-order valence-electron chi connectivity index (χ0n) is 10.4. The smallest absolute Gasteiger partial charge is 0.0794 e. The van der Waals surface area contributed by atoms with E-state index in [1.54, 1.807) is 11.3 Å². The zero-order chi connectivity index (χ0) is 12.8. The summed E-state index contributed by atoms with van der Waals surface area (Å²) in [5.41, 5.74) is 3.23. The SMILES string of the molecule is CCCNC(Cc1cncs1)c1ccc(Br)cc1. The van der Waals surface area contributed by atoms with Crippen molar-refractivity contribution in [3.8, 4) is 0 Å². The lowest BCUT2D eigenvalue weighted by Crippen LogP contribution is -2.23. The van der Waals surface area contributed by atoms with Gasteiger partial charge in [-0.3, -0.25) is 4.98 Å². The summed E-state index contributed by atoms with van der Waals surface area (Å²) in [6, 6.07) is 8.93. The van der Waals surface area contributed by atoms with Crippen LogP contribution in [-0.4, -0.2) is 11.5 Å². The van der Waals surface area contributed by atoms with Crippen LogP contribution in [0, 0.1) is 0 Å². The number of hydrogen-bond donors (Lipinski definition) is 1. The Morgan fingerprint density at radius 2 is 2.11 bits per heavy atom. The van der Waals surface area contributed by atoms with Gasteiger partial charge in [-0.05, 0) is 30.7 Å². The third-order valence-electron chi connectivity index (χ3n) is 2.80. The number of aromatic nitrogens is 1. The highest BCUT2D eigenvalue weighted by molar-refractivity contribution is 9.10. The Balaban J connectivity index is 2.11. The van der Waals surface area contributed by atoms with Gasteiger partial charge < -0.3 is 5.32 Å². The topological polar surface area (TPSA) is 24.9 Å². The minimum absolute atomic E-state index is 0.374. The Kier molecular flexibility index (Phi) is 5.35. The minimum atomic E-state index is 0.374. The molecule has 0 radical (unpaired) electrons. The third kappa shape index (κ3) is 3.90. The second-order valence-corrected chi connectivity index (χ2v) is 6.12. The van der Waals surface area contributed by atoms with Gasteiger partial charge in [-0.1, -0.05) is 35.0 Å². The van der Waals surface area contributed by atoms with Crippen molar-refractivity contribution in [1.82, 2.24) is 10.3 Å². The molecule has 0 fully saturated rings. The summed E-state index contributed by atoms with van der Waals surface area (Å²) >= 11 is 5.20. The maximum Gasteiger partial charge on any atom is 0.0794 e. The highest BCUT2D eigenvalue weighted by Gasteiger charge is 2.12. The molecule has 0 spiro atoms. The van der Waals surface area contributed by atoms with Gasteiger partial charge in [0.05, 0.1) is 5.51 Å². The summed E-state index contributed by atoms with van der Waals surface area (Å²) in [7, 11) is 0. The fourth-order valence-electron chi connectivity index (χ4n) is 1.87. The van der Waals surface area contributed by atoms with Crippen molar-refractivity contribution in [2.45, 2.75) is 25.8 Å². The Bertz CT molecular complexity index is 453. The molecule has 0 bridgehead atoms. The largest absolute Gasteiger partial charge is 0.310 e. The van der Waals surface area contributed by atoms with Gasteiger partial charge in [0.1, 0.15) is 0 Å². The maximum atomic E-state index is 4.15. The lowest BCUT2D eigenvalue weighted by molar-refractivity contribution is 0.532. The van der Waals surface area contributed by atoms with E-state index in [9.17, 15) is 0 Å². The summed E-state index contributed by atoms with van der Waals surface area (Å²) in [4.78, 5) is 5.47. The third-order valence-corrected chi connectivity index (χ3v) is 4.13. The summed E-state index contributed by atoms with van der Waals surface area (Å²) in [5, 5.41) is 3.61. The first-order valence-electron chi connectivity index (χ1n) is 6.16. The Hall–Kier alpha value is -0.710. The number of nitrogens with one attached hydrogen (secondary N) is 1. The molecule has 1 unspecified atom stereocenters. The molecule has 1 atom stereocenters. The number of hydrogen-bond acceptors (Lipinski definition) is 3. The Morgan fingerprint density at radius 1 is 1.33 bits per heavy atom. The van der Waals surface area contributed by atoms with E-state index in [4.69, 9.17) is 0 Å². The number of halogens is 1. The van der Waals surface area contributed by atoms with Crippen molar-refractivity contribution >= 4 is 27.3 Å². The first-order chi connectivity index (χ1) is 8.79. The van der Waals surface area contributed by atoms with Crippen LogP contribution in [-0.2, 0) is 6.42 Å². The average Bonchev–Trinajstić information content (AvgIpc) is 2.88. The van der Waals surface area contributed by atoms with Crippen LogP contribution in [0.4, 0.5) is 0 Å². The molecule has 2 rings (SSSR count). The van der Waals surface area contributed by atoms with Crippen LogP contribution < -0.4 is 5.32 Å². The Labute approximate surface area is 121 Å². The van der Waals surface area contributed by atoms with Gasteiger partial charge in [-0.25, -0.2) is 0 Å². The van der Waals surface area contributed by atoms with Crippen LogP contribution in [0.25, 0.3) is 0 Å². The molecule has 0 aliphatic heterocycles.